The Morgan fingerprint density at radius 3 is 2.90 bits per heavy atom. The Hall–Kier alpha value is -2.35. The molecule has 2 heterocycles. The quantitative estimate of drug-likeness (QED) is 0.429. The molecule has 8 heteroatoms. The number of aromatic nitrogens is 5. The maximum absolute atomic E-state index is 12.2. The number of imidazole rings is 1. The van der Waals surface area contributed by atoms with Crippen molar-refractivity contribution in [2.45, 2.75) is 62.7 Å². The van der Waals surface area contributed by atoms with E-state index in [1.54, 1.807) is 18.1 Å². The van der Waals surface area contributed by atoms with Gasteiger partial charge in [-0.05, 0) is 37.7 Å². The van der Waals surface area contributed by atoms with Gasteiger partial charge in [-0.1, -0.05) is 36.7 Å². The first kappa shape index (κ1) is 19.9. The molecule has 1 N–H and O–H groups in total. The summed E-state index contributed by atoms with van der Waals surface area (Å²) in [7, 11) is 0. The number of fused-ring (bicyclic) bond motifs is 1. The van der Waals surface area contributed by atoms with Crippen molar-refractivity contribution in [3.05, 3.63) is 36.4 Å². The average molecular weight is 413 g/mol. The molecule has 7 nitrogen and oxygen atoms in total. The zero-order valence-corrected chi connectivity index (χ0v) is 17.7. The van der Waals surface area contributed by atoms with Gasteiger partial charge >= 0.3 is 0 Å². The highest BCUT2D eigenvalue weighted by molar-refractivity contribution is 7.98. The van der Waals surface area contributed by atoms with Gasteiger partial charge in [0.2, 0.25) is 5.91 Å². The molecule has 2 aromatic heterocycles. The number of aryl methyl sites for hydroxylation is 2. The number of nitrogens with zero attached hydrogens (tertiary/aromatic N) is 5. The Kier molecular flexibility index (Phi) is 6.49. The summed E-state index contributed by atoms with van der Waals surface area (Å²) in [5.74, 6) is 1.13. The third kappa shape index (κ3) is 4.63. The highest BCUT2D eigenvalue weighted by Gasteiger charge is 2.23. The van der Waals surface area contributed by atoms with Crippen LogP contribution in [0, 0.1) is 0 Å². The Labute approximate surface area is 175 Å². The second kappa shape index (κ2) is 9.43. The average Bonchev–Trinajstić information content (AvgIpc) is 3.48. The minimum atomic E-state index is 0.0739. The maximum atomic E-state index is 12.2. The van der Waals surface area contributed by atoms with Gasteiger partial charge in [0.15, 0.2) is 5.16 Å². The summed E-state index contributed by atoms with van der Waals surface area (Å²) in [6, 6.07) is 8.53. The second-order valence-corrected chi connectivity index (χ2v) is 8.31. The smallest absolute Gasteiger partial charge is 0.221 e. The minimum absolute atomic E-state index is 0.0739. The van der Waals surface area contributed by atoms with Gasteiger partial charge in [0, 0.05) is 32.0 Å². The number of para-hydroxylation sites is 2. The van der Waals surface area contributed by atoms with Crippen LogP contribution in [0.4, 0.5) is 0 Å². The van der Waals surface area contributed by atoms with Gasteiger partial charge in [-0.25, -0.2) is 4.98 Å². The molecular formula is C21H28N6OS. The summed E-state index contributed by atoms with van der Waals surface area (Å²) in [5, 5.41) is 12.8. The van der Waals surface area contributed by atoms with E-state index < -0.39 is 0 Å². The first-order valence-electron chi connectivity index (χ1n) is 10.4. The van der Waals surface area contributed by atoms with E-state index in [1.165, 1.54) is 25.7 Å². The Balaban J connectivity index is 1.23. The fourth-order valence-corrected chi connectivity index (χ4v) is 4.69. The molecule has 0 saturated heterocycles. The number of hydrogen-bond donors (Lipinski definition) is 1. The molecule has 0 radical (unpaired) electrons. The molecule has 1 aliphatic carbocycles. The molecule has 3 aromatic rings. The van der Waals surface area contributed by atoms with Crippen LogP contribution in [-0.2, 0) is 17.8 Å². The molecule has 0 bridgehead atoms. The number of rotatable bonds is 9. The summed E-state index contributed by atoms with van der Waals surface area (Å²) in [5.41, 5.74) is 2.03. The van der Waals surface area contributed by atoms with E-state index in [4.69, 9.17) is 0 Å². The van der Waals surface area contributed by atoms with Crippen molar-refractivity contribution in [1.29, 1.82) is 0 Å². The van der Waals surface area contributed by atoms with Crippen molar-refractivity contribution in [3.63, 3.8) is 0 Å². The van der Waals surface area contributed by atoms with E-state index in [0.29, 0.717) is 25.6 Å². The van der Waals surface area contributed by atoms with Crippen molar-refractivity contribution >= 4 is 28.7 Å². The van der Waals surface area contributed by atoms with E-state index in [9.17, 15) is 4.79 Å². The van der Waals surface area contributed by atoms with Gasteiger partial charge < -0.3 is 14.5 Å². The fourth-order valence-electron chi connectivity index (χ4n) is 4.12. The van der Waals surface area contributed by atoms with Crippen LogP contribution in [0.25, 0.3) is 11.0 Å². The number of amides is 1. The maximum Gasteiger partial charge on any atom is 0.221 e. The number of thioether (sulfide) groups is 1. The first-order valence-corrected chi connectivity index (χ1v) is 11.6. The van der Waals surface area contributed by atoms with Gasteiger partial charge in [0.05, 0.1) is 17.4 Å². The van der Waals surface area contributed by atoms with Crippen molar-refractivity contribution in [2.24, 2.45) is 0 Å². The van der Waals surface area contributed by atoms with Crippen molar-refractivity contribution < 1.29 is 4.79 Å². The lowest BCUT2D eigenvalue weighted by Crippen LogP contribution is -2.26. The number of carbonyl (C=O) groups excluding carboxylic acids is 1. The van der Waals surface area contributed by atoms with Crippen LogP contribution in [0.1, 0.15) is 50.4 Å². The lowest BCUT2D eigenvalue weighted by Gasteiger charge is -2.16. The molecule has 0 aliphatic heterocycles. The number of nitrogens with one attached hydrogen (secondary N) is 1. The van der Waals surface area contributed by atoms with Crippen molar-refractivity contribution in [2.75, 3.05) is 12.8 Å². The highest BCUT2D eigenvalue weighted by atomic mass is 32.2. The summed E-state index contributed by atoms with van der Waals surface area (Å²) in [6.45, 7) is 1.30. The number of benzene rings is 1. The summed E-state index contributed by atoms with van der Waals surface area (Å²) in [4.78, 5) is 16.6. The van der Waals surface area contributed by atoms with Crippen LogP contribution >= 0.6 is 11.8 Å². The molecule has 1 aromatic carbocycles. The van der Waals surface area contributed by atoms with Gasteiger partial charge in [-0.2, -0.15) is 0 Å². The van der Waals surface area contributed by atoms with Crippen LogP contribution in [-0.4, -0.2) is 43.0 Å². The van der Waals surface area contributed by atoms with E-state index >= 15 is 0 Å². The zero-order chi connectivity index (χ0) is 20.1. The predicted octanol–water partition coefficient (Wildman–Crippen LogP) is 3.60. The topological polar surface area (TPSA) is 77.6 Å². The van der Waals surface area contributed by atoms with Crippen LogP contribution in [0.15, 0.2) is 35.7 Å². The largest absolute Gasteiger partial charge is 0.356 e. The Morgan fingerprint density at radius 1 is 1.24 bits per heavy atom. The molecule has 1 saturated carbocycles. The summed E-state index contributed by atoms with van der Waals surface area (Å²) >= 11 is 1.67. The normalized spacial score (nSPS) is 14.7. The SMILES string of the molecule is CSc1nnc(CCCNC(=O)CCn2cnc3ccccc32)n1C1CCCC1. The van der Waals surface area contributed by atoms with Crippen molar-refractivity contribution in [1.82, 2.24) is 29.6 Å². The minimum Gasteiger partial charge on any atom is -0.356 e. The van der Waals surface area contributed by atoms with Gasteiger partial charge in [-0.15, -0.1) is 10.2 Å². The van der Waals surface area contributed by atoms with Gasteiger partial charge in [0.1, 0.15) is 5.82 Å². The molecular weight excluding hydrogens is 384 g/mol. The van der Waals surface area contributed by atoms with E-state index in [2.05, 4.69) is 31.3 Å². The number of carbonyl (C=O) groups is 1. The molecule has 4 rings (SSSR count). The van der Waals surface area contributed by atoms with Crippen LogP contribution < -0.4 is 5.32 Å². The monoisotopic (exact) mass is 412 g/mol. The Morgan fingerprint density at radius 2 is 2.07 bits per heavy atom. The Bertz CT molecular complexity index is 959. The molecule has 1 aliphatic rings. The lowest BCUT2D eigenvalue weighted by atomic mass is 10.2. The van der Waals surface area contributed by atoms with Crippen LogP contribution in [0.3, 0.4) is 0 Å². The van der Waals surface area contributed by atoms with Crippen molar-refractivity contribution in [3.8, 4) is 0 Å². The van der Waals surface area contributed by atoms with E-state index in [0.717, 1.165) is 34.9 Å². The third-order valence-electron chi connectivity index (χ3n) is 5.61. The molecule has 0 unspecified atom stereocenters. The standard InChI is InChI=1S/C21H28N6OS/c1-29-21-25-24-19(27(21)16-7-2-3-8-16)11-6-13-22-20(28)12-14-26-15-23-17-9-4-5-10-18(17)26/h4-5,9-10,15-16H,2-3,6-8,11-14H2,1H3,(H,22,28). The molecule has 1 amide bonds. The first-order chi connectivity index (χ1) is 14.3. The van der Waals surface area contributed by atoms with E-state index in [-0.39, 0.29) is 5.91 Å². The molecule has 0 spiro atoms. The molecule has 1 fully saturated rings. The highest BCUT2D eigenvalue weighted by Crippen LogP contribution is 2.33. The predicted molar refractivity (Wildman–Crippen MR) is 115 cm³/mol. The van der Waals surface area contributed by atoms with Crippen LogP contribution in [0.5, 0.6) is 0 Å². The van der Waals surface area contributed by atoms with Gasteiger partial charge in [-0.3, -0.25) is 4.79 Å². The van der Waals surface area contributed by atoms with E-state index in [1.807, 2.05) is 28.8 Å². The van der Waals surface area contributed by atoms with Gasteiger partial charge in [0.25, 0.3) is 0 Å². The van der Waals surface area contributed by atoms with Crippen LogP contribution in [0.2, 0.25) is 0 Å². The summed E-state index contributed by atoms with van der Waals surface area (Å²) < 4.78 is 4.37. The fraction of sp³-hybridized carbons (Fsp3) is 0.524. The molecule has 29 heavy (non-hydrogen) atoms. The number of hydrogen-bond acceptors (Lipinski definition) is 5. The summed E-state index contributed by atoms with van der Waals surface area (Å²) in [6.07, 6.45) is 11.1. The molecule has 154 valence electrons. The second-order valence-electron chi connectivity index (χ2n) is 7.54. The zero-order valence-electron chi connectivity index (χ0n) is 16.9. The molecule has 0 atom stereocenters. The lowest BCUT2D eigenvalue weighted by molar-refractivity contribution is -0.121. The third-order valence-corrected chi connectivity index (χ3v) is 6.26.